The van der Waals surface area contributed by atoms with Crippen molar-refractivity contribution in [2.45, 2.75) is 11.1 Å². The molecule has 10 heteroatoms. The van der Waals surface area contributed by atoms with E-state index < -0.39 is 10.0 Å². The molecule has 0 aliphatic carbocycles. The molecule has 3 heterocycles. The molecule has 1 aliphatic heterocycles. The predicted molar refractivity (Wildman–Crippen MR) is 161 cm³/mol. The second kappa shape index (κ2) is 11.0. The minimum absolute atomic E-state index is 0.00340. The first-order chi connectivity index (χ1) is 19.9. The zero-order valence-corrected chi connectivity index (χ0v) is 24.1. The SMILES string of the molecule is COc1ccc(N(CCN2CCNC2c2ccccc2)S(=O)(=O)c2ccc3c(c2)c2ccccc2n3C)c(OC)n1. The summed E-state index contributed by atoms with van der Waals surface area (Å²) in [6.45, 7) is 2.31. The maximum absolute atomic E-state index is 14.5. The summed E-state index contributed by atoms with van der Waals surface area (Å²) >= 11 is 0. The van der Waals surface area contributed by atoms with E-state index in [1.165, 1.54) is 18.5 Å². The number of sulfonamides is 1. The zero-order chi connectivity index (χ0) is 28.6. The summed E-state index contributed by atoms with van der Waals surface area (Å²) in [5.74, 6) is 0.520. The number of hydrogen-bond donors (Lipinski definition) is 1. The Bertz CT molecular complexity index is 1810. The van der Waals surface area contributed by atoms with E-state index in [9.17, 15) is 8.42 Å². The third-order valence-corrected chi connectivity index (χ3v) is 9.58. The van der Waals surface area contributed by atoms with Crippen LogP contribution >= 0.6 is 0 Å². The number of benzene rings is 3. The van der Waals surface area contributed by atoms with Crippen molar-refractivity contribution in [3.05, 3.63) is 90.5 Å². The summed E-state index contributed by atoms with van der Waals surface area (Å²) in [5, 5.41) is 5.43. The zero-order valence-electron chi connectivity index (χ0n) is 23.3. The number of fused-ring (bicyclic) bond motifs is 3. The summed E-state index contributed by atoms with van der Waals surface area (Å²) in [6, 6.07) is 26.9. The lowest BCUT2D eigenvalue weighted by Crippen LogP contribution is -2.39. The van der Waals surface area contributed by atoms with E-state index in [1.54, 1.807) is 24.3 Å². The Labute approximate surface area is 240 Å². The van der Waals surface area contributed by atoms with Gasteiger partial charge in [0.1, 0.15) is 5.69 Å². The van der Waals surface area contributed by atoms with Gasteiger partial charge in [-0.05, 0) is 35.9 Å². The van der Waals surface area contributed by atoms with Gasteiger partial charge in [-0.15, -0.1) is 0 Å². The first-order valence-corrected chi connectivity index (χ1v) is 15.0. The number of rotatable bonds is 9. The average Bonchev–Trinajstić information content (AvgIpc) is 3.60. The van der Waals surface area contributed by atoms with E-state index in [1.807, 2.05) is 55.6 Å². The van der Waals surface area contributed by atoms with Crippen LogP contribution in [0.4, 0.5) is 5.69 Å². The molecule has 0 bridgehead atoms. The third kappa shape index (κ3) is 4.88. The van der Waals surface area contributed by atoms with Crippen LogP contribution in [-0.2, 0) is 17.1 Å². The molecule has 0 amide bonds. The number of hydrogen-bond acceptors (Lipinski definition) is 7. The molecule has 0 saturated carbocycles. The van der Waals surface area contributed by atoms with E-state index in [4.69, 9.17) is 9.47 Å². The highest BCUT2D eigenvalue weighted by Crippen LogP contribution is 2.35. The predicted octanol–water partition coefficient (Wildman–Crippen LogP) is 4.54. The van der Waals surface area contributed by atoms with Crippen LogP contribution in [0.1, 0.15) is 11.7 Å². The summed E-state index contributed by atoms with van der Waals surface area (Å²) in [5.41, 5.74) is 3.51. The van der Waals surface area contributed by atoms with Gasteiger partial charge < -0.3 is 14.0 Å². The highest BCUT2D eigenvalue weighted by Gasteiger charge is 2.32. The molecule has 0 radical (unpaired) electrons. The van der Waals surface area contributed by atoms with Gasteiger partial charge in [0.2, 0.25) is 11.8 Å². The maximum Gasteiger partial charge on any atom is 0.264 e. The van der Waals surface area contributed by atoms with E-state index in [2.05, 4.69) is 31.9 Å². The summed E-state index contributed by atoms with van der Waals surface area (Å²) < 4.78 is 43.3. The fourth-order valence-electron chi connectivity index (χ4n) is 5.70. The molecule has 1 fully saturated rings. The number of anilines is 1. The number of methoxy groups -OCH3 is 2. The van der Waals surface area contributed by atoms with E-state index in [-0.39, 0.29) is 23.5 Å². The molecule has 1 saturated heterocycles. The molecule has 212 valence electrons. The molecule has 1 aliphatic rings. The van der Waals surface area contributed by atoms with Gasteiger partial charge in [-0.2, -0.15) is 4.98 Å². The minimum atomic E-state index is -4.01. The number of ether oxygens (including phenoxy) is 2. The largest absolute Gasteiger partial charge is 0.481 e. The van der Waals surface area contributed by atoms with Crippen molar-refractivity contribution in [2.24, 2.45) is 7.05 Å². The van der Waals surface area contributed by atoms with Crippen molar-refractivity contribution in [3.8, 4) is 11.8 Å². The fraction of sp³-hybridized carbons (Fsp3) is 0.258. The second-order valence-electron chi connectivity index (χ2n) is 10.0. The van der Waals surface area contributed by atoms with E-state index >= 15 is 0 Å². The van der Waals surface area contributed by atoms with Crippen molar-refractivity contribution in [2.75, 3.05) is 44.7 Å². The van der Waals surface area contributed by atoms with Gasteiger partial charge in [0.25, 0.3) is 10.0 Å². The number of nitrogens with zero attached hydrogens (tertiary/aromatic N) is 4. The van der Waals surface area contributed by atoms with Crippen molar-refractivity contribution in [1.29, 1.82) is 0 Å². The quantitative estimate of drug-likeness (QED) is 0.278. The topological polar surface area (TPSA) is 88.9 Å². The monoisotopic (exact) mass is 571 g/mol. The minimum Gasteiger partial charge on any atom is -0.481 e. The summed E-state index contributed by atoms with van der Waals surface area (Å²) in [6.07, 6.45) is 0.00340. The van der Waals surface area contributed by atoms with Crippen molar-refractivity contribution in [3.63, 3.8) is 0 Å². The molecule has 0 spiro atoms. The number of pyridine rings is 1. The maximum atomic E-state index is 14.5. The molecule has 2 aromatic heterocycles. The third-order valence-electron chi connectivity index (χ3n) is 7.77. The van der Waals surface area contributed by atoms with Gasteiger partial charge in [-0.3, -0.25) is 14.5 Å². The highest BCUT2D eigenvalue weighted by atomic mass is 32.2. The Morgan fingerprint density at radius 1 is 0.927 bits per heavy atom. The first kappa shape index (κ1) is 27.1. The number of aromatic nitrogens is 2. The number of nitrogens with one attached hydrogen (secondary N) is 1. The molecule has 3 aromatic carbocycles. The van der Waals surface area contributed by atoms with Crippen LogP contribution in [0.2, 0.25) is 0 Å². The van der Waals surface area contributed by atoms with E-state index in [0.29, 0.717) is 18.1 Å². The Morgan fingerprint density at radius 3 is 2.46 bits per heavy atom. The lowest BCUT2D eigenvalue weighted by molar-refractivity contribution is 0.252. The van der Waals surface area contributed by atoms with Crippen molar-refractivity contribution in [1.82, 2.24) is 19.8 Å². The van der Waals surface area contributed by atoms with Gasteiger partial charge in [-0.1, -0.05) is 48.5 Å². The molecular weight excluding hydrogens is 538 g/mol. The van der Waals surface area contributed by atoms with Crippen LogP contribution in [0, 0.1) is 0 Å². The normalized spacial score (nSPS) is 15.9. The van der Waals surface area contributed by atoms with Gasteiger partial charge in [0, 0.05) is 61.1 Å². The number of para-hydroxylation sites is 1. The Morgan fingerprint density at radius 2 is 1.68 bits per heavy atom. The lowest BCUT2D eigenvalue weighted by Gasteiger charge is -2.30. The van der Waals surface area contributed by atoms with Gasteiger partial charge in [-0.25, -0.2) is 8.42 Å². The average molecular weight is 572 g/mol. The molecule has 6 rings (SSSR count). The molecular formula is C31H33N5O4S. The summed E-state index contributed by atoms with van der Waals surface area (Å²) in [4.78, 5) is 6.86. The Balaban J connectivity index is 1.41. The molecule has 1 unspecified atom stereocenters. The molecule has 41 heavy (non-hydrogen) atoms. The molecule has 5 aromatic rings. The van der Waals surface area contributed by atoms with Crippen LogP contribution in [0.25, 0.3) is 21.8 Å². The van der Waals surface area contributed by atoms with Crippen molar-refractivity contribution < 1.29 is 17.9 Å². The molecule has 1 N–H and O–H groups in total. The van der Waals surface area contributed by atoms with Crippen LogP contribution in [0.15, 0.2) is 89.8 Å². The summed E-state index contributed by atoms with van der Waals surface area (Å²) in [7, 11) is 0.971. The van der Waals surface area contributed by atoms with Crippen LogP contribution in [-0.4, -0.2) is 63.3 Å². The first-order valence-electron chi connectivity index (χ1n) is 13.5. The lowest BCUT2D eigenvalue weighted by atomic mass is 10.1. The molecule has 9 nitrogen and oxygen atoms in total. The van der Waals surface area contributed by atoms with Gasteiger partial charge in [0.05, 0.1) is 25.3 Å². The highest BCUT2D eigenvalue weighted by molar-refractivity contribution is 7.92. The smallest absolute Gasteiger partial charge is 0.264 e. The second-order valence-corrected chi connectivity index (χ2v) is 11.9. The van der Waals surface area contributed by atoms with Gasteiger partial charge >= 0.3 is 0 Å². The van der Waals surface area contributed by atoms with Crippen LogP contribution in [0.3, 0.4) is 0 Å². The molecule has 1 atom stereocenters. The Hall–Kier alpha value is -4.12. The van der Waals surface area contributed by atoms with Crippen LogP contribution < -0.4 is 19.1 Å². The number of aryl methyl sites for hydroxylation is 1. The van der Waals surface area contributed by atoms with Gasteiger partial charge in [0.15, 0.2) is 0 Å². The fourth-order valence-corrected chi connectivity index (χ4v) is 7.18. The van der Waals surface area contributed by atoms with Crippen LogP contribution in [0.5, 0.6) is 11.8 Å². The standard InChI is InChI=1S/C31H33N5O4S/c1-34-26-12-8-7-11-24(26)25-21-23(13-14-27(25)34)41(37,38)36(28-15-16-29(39-2)33-31(28)40-3)20-19-35-18-17-32-30(35)22-9-5-4-6-10-22/h4-16,21,30,32H,17-20H2,1-3H3. The Kier molecular flexibility index (Phi) is 7.29. The van der Waals surface area contributed by atoms with Crippen molar-refractivity contribution >= 4 is 37.5 Å². The van der Waals surface area contributed by atoms with E-state index in [0.717, 1.165) is 40.5 Å².